The molecular weight excluding hydrogens is 659 g/mol. The molecule has 0 aliphatic heterocycles. The van der Waals surface area contributed by atoms with Gasteiger partial charge in [-0.1, -0.05) is 106 Å². The van der Waals surface area contributed by atoms with Crippen molar-refractivity contribution < 1.29 is 5.11 Å². The van der Waals surface area contributed by atoms with Crippen LogP contribution in [0, 0.1) is 27.7 Å². The second-order valence-electron chi connectivity index (χ2n) is 15.6. The molecule has 0 saturated heterocycles. The second-order valence-corrected chi connectivity index (χ2v) is 15.6. The summed E-state index contributed by atoms with van der Waals surface area (Å²) in [5.41, 5.74) is 17.7. The number of nitrogens with zero attached hydrogens (tertiary/aromatic N) is 3. The summed E-state index contributed by atoms with van der Waals surface area (Å²) in [6.07, 6.45) is 1.90. The summed E-state index contributed by atoms with van der Waals surface area (Å²) in [5, 5.41) is 11.6. The first kappa shape index (κ1) is 34.8. The maximum Gasteiger partial charge on any atom is 0.149 e. The van der Waals surface area contributed by atoms with E-state index in [-0.39, 0.29) is 11.2 Å². The second kappa shape index (κ2) is 13.6. The number of hydrogen-bond acceptors (Lipinski definition) is 3. The highest BCUT2D eigenvalue weighted by atomic mass is 16.3. The van der Waals surface area contributed by atoms with Crippen LogP contribution in [-0.4, -0.2) is 19.6 Å². The van der Waals surface area contributed by atoms with Gasteiger partial charge in [-0.2, -0.15) is 0 Å². The van der Waals surface area contributed by atoms with Crippen molar-refractivity contribution in [2.45, 2.75) is 53.9 Å². The fraction of sp³-hybridized carbons (Fsp3) is 0.160. The van der Waals surface area contributed by atoms with E-state index in [9.17, 15) is 5.11 Å². The number of para-hydroxylation sites is 1. The first-order valence-corrected chi connectivity index (χ1v) is 18.6. The molecule has 2 aromatic heterocycles. The molecule has 6 aromatic carbocycles. The van der Waals surface area contributed by atoms with Crippen LogP contribution in [0.1, 0.15) is 48.6 Å². The smallest absolute Gasteiger partial charge is 0.149 e. The Morgan fingerprint density at radius 2 is 1.26 bits per heavy atom. The zero-order chi connectivity index (χ0) is 37.7. The van der Waals surface area contributed by atoms with Crippen molar-refractivity contribution in [3.05, 3.63) is 167 Å². The molecule has 0 aliphatic carbocycles. The average Bonchev–Trinajstić information content (AvgIpc) is 3.57. The highest BCUT2D eigenvalue weighted by Crippen LogP contribution is 2.42. The van der Waals surface area contributed by atoms with Crippen LogP contribution in [0.5, 0.6) is 5.75 Å². The zero-order valence-corrected chi connectivity index (χ0v) is 32.1. The molecule has 0 bridgehead atoms. The lowest BCUT2D eigenvalue weighted by molar-refractivity contribution is 0.472. The van der Waals surface area contributed by atoms with Gasteiger partial charge in [0.05, 0.1) is 22.3 Å². The molecule has 0 amide bonds. The van der Waals surface area contributed by atoms with Crippen molar-refractivity contribution in [2.75, 3.05) is 0 Å². The molecule has 4 nitrogen and oxygen atoms in total. The van der Waals surface area contributed by atoms with Gasteiger partial charge in [-0.05, 0) is 137 Å². The van der Waals surface area contributed by atoms with Gasteiger partial charge >= 0.3 is 0 Å². The molecule has 1 N–H and O–H groups in total. The summed E-state index contributed by atoms with van der Waals surface area (Å²) in [6, 6.07) is 47.1. The number of benzene rings is 6. The summed E-state index contributed by atoms with van der Waals surface area (Å²) in [5.74, 6) is 0.945. The average molecular weight is 704 g/mol. The summed E-state index contributed by atoms with van der Waals surface area (Å²) in [4.78, 5) is 10.3. The standard InChI is InChI=1S/C50H45N3O/c1-31-23-33(3)48(54)44(24-31)49-52-47-42(19-14-20-46(47)53(49)41-25-32(2)34(4)43(30-41)36-17-12-9-13-18-36)38-26-39(28-40(27-38)50(5,6)7)45-29-37(21-22-51-45)35-15-10-8-11-16-35/h8-30,54H,1-7H3. The van der Waals surface area contributed by atoms with E-state index in [2.05, 4.69) is 161 Å². The predicted molar refractivity (Wildman–Crippen MR) is 225 cm³/mol. The van der Waals surface area contributed by atoms with Gasteiger partial charge in [-0.25, -0.2) is 4.98 Å². The van der Waals surface area contributed by atoms with Crippen LogP contribution < -0.4 is 0 Å². The number of aromatic nitrogens is 3. The van der Waals surface area contributed by atoms with E-state index in [0.717, 1.165) is 66.9 Å². The van der Waals surface area contributed by atoms with Crippen molar-refractivity contribution in [1.82, 2.24) is 14.5 Å². The lowest BCUT2D eigenvalue weighted by atomic mass is 9.83. The largest absolute Gasteiger partial charge is 0.507 e. The van der Waals surface area contributed by atoms with Gasteiger partial charge in [0.2, 0.25) is 0 Å². The Bertz CT molecular complexity index is 2680. The number of imidazole rings is 1. The van der Waals surface area contributed by atoms with Crippen molar-refractivity contribution in [3.8, 4) is 67.5 Å². The van der Waals surface area contributed by atoms with Crippen LogP contribution >= 0.6 is 0 Å². The van der Waals surface area contributed by atoms with Crippen LogP contribution in [0.4, 0.5) is 0 Å². The van der Waals surface area contributed by atoms with E-state index in [1.165, 1.54) is 22.3 Å². The summed E-state index contributed by atoms with van der Waals surface area (Å²) in [6.45, 7) is 15.1. The zero-order valence-electron chi connectivity index (χ0n) is 32.1. The van der Waals surface area contributed by atoms with Crippen LogP contribution in [0.3, 0.4) is 0 Å². The van der Waals surface area contributed by atoms with Crippen molar-refractivity contribution in [3.63, 3.8) is 0 Å². The van der Waals surface area contributed by atoms with Crippen LogP contribution in [0.25, 0.3) is 72.7 Å². The van der Waals surface area contributed by atoms with Crippen LogP contribution in [0.2, 0.25) is 0 Å². The Kier molecular flexibility index (Phi) is 8.78. The van der Waals surface area contributed by atoms with E-state index >= 15 is 0 Å². The maximum atomic E-state index is 11.6. The Morgan fingerprint density at radius 1 is 0.556 bits per heavy atom. The monoisotopic (exact) mass is 703 g/mol. The number of rotatable bonds is 6. The molecule has 4 heteroatoms. The van der Waals surface area contributed by atoms with Crippen molar-refractivity contribution >= 4 is 11.0 Å². The van der Waals surface area contributed by atoms with Gasteiger partial charge in [-0.15, -0.1) is 0 Å². The molecule has 54 heavy (non-hydrogen) atoms. The summed E-state index contributed by atoms with van der Waals surface area (Å²) < 4.78 is 2.23. The molecule has 8 rings (SSSR count). The van der Waals surface area contributed by atoms with Crippen molar-refractivity contribution in [1.29, 1.82) is 0 Å². The molecule has 0 aliphatic rings. The molecule has 2 heterocycles. The topological polar surface area (TPSA) is 50.9 Å². The number of hydrogen-bond donors (Lipinski definition) is 1. The van der Waals surface area contributed by atoms with Gasteiger partial charge in [-0.3, -0.25) is 9.55 Å². The Balaban J connectivity index is 1.40. The summed E-state index contributed by atoms with van der Waals surface area (Å²) >= 11 is 0. The number of phenolic OH excluding ortho intramolecular Hbond substituents is 1. The molecule has 0 unspecified atom stereocenters. The number of pyridine rings is 1. The van der Waals surface area contributed by atoms with Crippen LogP contribution in [0.15, 0.2) is 140 Å². The minimum absolute atomic E-state index is 0.113. The number of fused-ring (bicyclic) bond motifs is 1. The van der Waals surface area contributed by atoms with E-state index in [4.69, 9.17) is 9.97 Å². The highest BCUT2D eigenvalue weighted by Gasteiger charge is 2.24. The highest BCUT2D eigenvalue weighted by molar-refractivity contribution is 5.97. The first-order valence-electron chi connectivity index (χ1n) is 18.6. The lowest BCUT2D eigenvalue weighted by Gasteiger charge is -2.22. The molecule has 0 spiro atoms. The Labute approximate surface area is 318 Å². The summed E-state index contributed by atoms with van der Waals surface area (Å²) in [7, 11) is 0. The Morgan fingerprint density at radius 3 is 1.98 bits per heavy atom. The van der Waals surface area contributed by atoms with Crippen molar-refractivity contribution in [2.24, 2.45) is 0 Å². The van der Waals surface area contributed by atoms with E-state index in [1.807, 2.05) is 31.3 Å². The van der Waals surface area contributed by atoms with Gasteiger partial charge in [0.25, 0.3) is 0 Å². The van der Waals surface area contributed by atoms with Crippen LogP contribution in [-0.2, 0) is 5.41 Å². The third-order valence-corrected chi connectivity index (χ3v) is 10.6. The van der Waals surface area contributed by atoms with Gasteiger partial charge in [0.1, 0.15) is 11.6 Å². The minimum atomic E-state index is -0.113. The fourth-order valence-corrected chi connectivity index (χ4v) is 7.55. The van der Waals surface area contributed by atoms with E-state index < -0.39 is 0 Å². The minimum Gasteiger partial charge on any atom is -0.507 e. The van der Waals surface area contributed by atoms with Gasteiger partial charge in [0, 0.05) is 23.0 Å². The molecule has 0 saturated carbocycles. The number of phenols is 1. The van der Waals surface area contributed by atoms with Gasteiger partial charge < -0.3 is 5.11 Å². The third-order valence-electron chi connectivity index (χ3n) is 10.6. The molecular formula is C50H45N3O. The third kappa shape index (κ3) is 6.39. The Hall–Kier alpha value is -6.26. The molecule has 266 valence electrons. The fourth-order valence-electron chi connectivity index (χ4n) is 7.55. The number of aryl methyl sites for hydroxylation is 3. The lowest BCUT2D eigenvalue weighted by Crippen LogP contribution is -2.11. The van der Waals surface area contributed by atoms with E-state index in [1.54, 1.807) is 0 Å². The predicted octanol–water partition coefficient (Wildman–Crippen LogP) is 13.0. The number of aromatic hydroxyl groups is 1. The molecule has 0 atom stereocenters. The van der Waals surface area contributed by atoms with Gasteiger partial charge in [0.15, 0.2) is 0 Å². The first-order chi connectivity index (χ1) is 26.0. The SMILES string of the molecule is Cc1cc(C)c(O)c(-c2nc3c(-c4cc(-c5cc(-c6ccccc6)ccn5)cc(C(C)(C)C)c4)cccc3n2-c2cc(C)c(C)c(-c3ccccc3)c2)c1. The molecule has 8 aromatic rings. The normalized spacial score (nSPS) is 11.7. The maximum absolute atomic E-state index is 11.6. The van der Waals surface area contributed by atoms with E-state index in [0.29, 0.717) is 11.4 Å². The molecule has 0 radical (unpaired) electrons. The molecule has 0 fully saturated rings. The quantitative estimate of drug-likeness (QED) is 0.188.